The van der Waals surface area contributed by atoms with Crippen molar-refractivity contribution in [1.29, 1.82) is 5.26 Å². The first kappa shape index (κ1) is 13.9. The van der Waals surface area contributed by atoms with Crippen LogP contribution in [0.3, 0.4) is 0 Å². The van der Waals surface area contributed by atoms with Crippen molar-refractivity contribution in [2.75, 3.05) is 13.7 Å². The minimum Gasteiger partial charge on any atom is -0.496 e. The van der Waals surface area contributed by atoms with Crippen LogP contribution in [-0.2, 0) is 11.2 Å². The fourth-order valence-electron chi connectivity index (χ4n) is 2.31. The number of hydrogen-bond donors (Lipinski definition) is 1. The van der Waals surface area contributed by atoms with Gasteiger partial charge in [-0.1, -0.05) is 18.2 Å². The van der Waals surface area contributed by atoms with Gasteiger partial charge in [0.15, 0.2) is 0 Å². The van der Waals surface area contributed by atoms with Gasteiger partial charge in [-0.05, 0) is 18.6 Å². The smallest absolute Gasteiger partial charge is 0.325 e. The van der Waals surface area contributed by atoms with E-state index in [-0.39, 0.29) is 6.54 Å². The Morgan fingerprint density at radius 2 is 2.10 bits per heavy atom. The third kappa shape index (κ3) is 2.30. The molecule has 0 aromatic heterocycles. The quantitative estimate of drug-likeness (QED) is 0.657. The molecule has 1 aromatic rings. The first-order valence-corrected chi connectivity index (χ1v) is 6.15. The second-order valence-corrected chi connectivity index (χ2v) is 4.80. The molecule has 1 aliphatic heterocycles. The predicted octanol–water partition coefficient (Wildman–Crippen LogP) is 1.07. The Morgan fingerprint density at radius 1 is 1.40 bits per heavy atom. The number of nitrogens with zero attached hydrogens (tertiary/aromatic N) is 2. The van der Waals surface area contributed by atoms with Crippen LogP contribution >= 0.6 is 0 Å². The number of nitriles is 1. The molecular weight excluding hydrogens is 258 g/mol. The maximum Gasteiger partial charge on any atom is 0.325 e. The van der Waals surface area contributed by atoms with E-state index in [2.05, 4.69) is 5.32 Å². The summed E-state index contributed by atoms with van der Waals surface area (Å²) in [5.74, 6) is 0.268. The largest absolute Gasteiger partial charge is 0.496 e. The standard InChI is InChI=1S/C14H15N3O3/c1-14(9-10-5-3-4-6-11(10)20-2)12(18)17(8-7-15)13(19)16-14/h3-6H,8-9H2,1-2H3,(H,16,19)/t14-/m0/s1. The fourth-order valence-corrected chi connectivity index (χ4v) is 2.31. The van der Waals surface area contributed by atoms with Crippen molar-refractivity contribution < 1.29 is 14.3 Å². The van der Waals surface area contributed by atoms with Gasteiger partial charge in [0.25, 0.3) is 5.91 Å². The molecule has 20 heavy (non-hydrogen) atoms. The Bertz CT molecular complexity index is 594. The molecule has 1 atom stereocenters. The molecule has 1 aromatic carbocycles. The normalized spacial score (nSPS) is 21.6. The molecule has 0 radical (unpaired) electrons. The Morgan fingerprint density at radius 3 is 2.75 bits per heavy atom. The van der Waals surface area contributed by atoms with Crippen molar-refractivity contribution in [3.63, 3.8) is 0 Å². The highest BCUT2D eigenvalue weighted by atomic mass is 16.5. The zero-order valence-corrected chi connectivity index (χ0v) is 11.3. The third-order valence-corrected chi connectivity index (χ3v) is 3.31. The van der Waals surface area contributed by atoms with Gasteiger partial charge in [0.1, 0.15) is 17.8 Å². The molecule has 0 spiro atoms. The fraction of sp³-hybridized carbons (Fsp3) is 0.357. The average Bonchev–Trinajstić information content (AvgIpc) is 2.63. The lowest BCUT2D eigenvalue weighted by Gasteiger charge is -2.22. The lowest BCUT2D eigenvalue weighted by molar-refractivity contribution is -0.130. The summed E-state index contributed by atoms with van der Waals surface area (Å²) >= 11 is 0. The molecule has 1 fully saturated rings. The highest BCUT2D eigenvalue weighted by Gasteiger charge is 2.47. The van der Waals surface area contributed by atoms with Crippen molar-refractivity contribution >= 4 is 11.9 Å². The topological polar surface area (TPSA) is 82.4 Å². The molecule has 0 bridgehead atoms. The maximum atomic E-state index is 12.3. The molecule has 1 saturated heterocycles. The number of urea groups is 1. The first-order chi connectivity index (χ1) is 9.51. The highest BCUT2D eigenvalue weighted by Crippen LogP contribution is 2.27. The molecule has 6 heteroatoms. The second-order valence-electron chi connectivity index (χ2n) is 4.80. The Labute approximate surface area is 116 Å². The number of ether oxygens (including phenoxy) is 1. The summed E-state index contributed by atoms with van der Waals surface area (Å²) in [4.78, 5) is 25.0. The van der Waals surface area contributed by atoms with Gasteiger partial charge in [-0.25, -0.2) is 9.69 Å². The van der Waals surface area contributed by atoms with Gasteiger partial charge in [-0.3, -0.25) is 4.79 Å². The molecule has 1 N–H and O–H groups in total. The number of imide groups is 1. The molecule has 2 rings (SSSR count). The molecule has 3 amide bonds. The van der Waals surface area contributed by atoms with Crippen LogP contribution in [0.5, 0.6) is 5.75 Å². The number of carbonyl (C=O) groups excluding carboxylic acids is 2. The Hall–Kier alpha value is -2.55. The van der Waals surface area contributed by atoms with E-state index >= 15 is 0 Å². The van der Waals surface area contributed by atoms with E-state index in [9.17, 15) is 9.59 Å². The summed E-state index contributed by atoms with van der Waals surface area (Å²) in [5.41, 5.74) is -0.229. The lowest BCUT2D eigenvalue weighted by Crippen LogP contribution is -2.46. The number of nitrogens with one attached hydrogen (secondary N) is 1. The lowest BCUT2D eigenvalue weighted by atomic mass is 9.92. The number of carbonyl (C=O) groups is 2. The Balaban J connectivity index is 2.27. The minimum absolute atomic E-state index is 0.244. The van der Waals surface area contributed by atoms with Crippen LogP contribution in [0.2, 0.25) is 0 Å². The zero-order chi connectivity index (χ0) is 14.8. The molecule has 0 saturated carbocycles. The van der Waals surface area contributed by atoms with E-state index in [1.54, 1.807) is 20.1 Å². The van der Waals surface area contributed by atoms with Gasteiger partial charge in [0, 0.05) is 6.42 Å². The van der Waals surface area contributed by atoms with Crippen LogP contribution in [0.25, 0.3) is 0 Å². The van der Waals surface area contributed by atoms with E-state index in [4.69, 9.17) is 10.00 Å². The van der Waals surface area contributed by atoms with Crippen molar-refractivity contribution in [2.45, 2.75) is 18.9 Å². The van der Waals surface area contributed by atoms with E-state index in [0.29, 0.717) is 12.2 Å². The van der Waals surface area contributed by atoms with Crippen LogP contribution in [0.1, 0.15) is 12.5 Å². The van der Waals surface area contributed by atoms with Crippen molar-refractivity contribution in [1.82, 2.24) is 10.2 Å². The minimum atomic E-state index is -1.05. The van der Waals surface area contributed by atoms with Crippen LogP contribution < -0.4 is 10.1 Å². The van der Waals surface area contributed by atoms with E-state index in [1.165, 1.54) is 0 Å². The number of benzene rings is 1. The molecule has 0 aliphatic carbocycles. The SMILES string of the molecule is COc1ccccc1C[C@]1(C)NC(=O)N(CC#N)C1=O. The zero-order valence-electron chi connectivity index (χ0n) is 11.3. The predicted molar refractivity (Wildman–Crippen MR) is 71.0 cm³/mol. The summed E-state index contributed by atoms with van der Waals surface area (Å²) in [5, 5.41) is 11.3. The summed E-state index contributed by atoms with van der Waals surface area (Å²) in [6, 6.07) is 8.60. The number of hydrogen-bond acceptors (Lipinski definition) is 4. The number of amides is 3. The summed E-state index contributed by atoms with van der Waals surface area (Å²) < 4.78 is 5.25. The van der Waals surface area contributed by atoms with Gasteiger partial charge < -0.3 is 10.1 Å². The molecule has 1 aliphatic rings. The molecule has 6 nitrogen and oxygen atoms in total. The van der Waals surface area contributed by atoms with Crippen molar-refractivity contribution in [3.8, 4) is 11.8 Å². The number of methoxy groups -OCH3 is 1. The monoisotopic (exact) mass is 273 g/mol. The summed E-state index contributed by atoms with van der Waals surface area (Å²) in [6.45, 7) is 1.41. The maximum absolute atomic E-state index is 12.3. The van der Waals surface area contributed by atoms with Gasteiger partial charge in [0.05, 0.1) is 13.2 Å². The van der Waals surface area contributed by atoms with Crippen LogP contribution in [0, 0.1) is 11.3 Å². The van der Waals surface area contributed by atoms with E-state index in [1.807, 2.05) is 24.3 Å². The van der Waals surface area contributed by atoms with Gasteiger partial charge in [-0.15, -0.1) is 0 Å². The number of rotatable bonds is 4. The van der Waals surface area contributed by atoms with Gasteiger partial charge in [0.2, 0.25) is 0 Å². The molecule has 104 valence electrons. The molecule has 0 unspecified atom stereocenters. The van der Waals surface area contributed by atoms with Gasteiger partial charge >= 0.3 is 6.03 Å². The summed E-state index contributed by atoms with van der Waals surface area (Å²) in [6.07, 6.45) is 0.309. The first-order valence-electron chi connectivity index (χ1n) is 6.15. The van der Waals surface area contributed by atoms with Gasteiger partial charge in [-0.2, -0.15) is 5.26 Å². The molecular formula is C14H15N3O3. The second kappa shape index (κ2) is 5.21. The van der Waals surface area contributed by atoms with Crippen molar-refractivity contribution in [3.05, 3.63) is 29.8 Å². The van der Waals surface area contributed by atoms with Crippen LogP contribution in [0.4, 0.5) is 4.79 Å². The van der Waals surface area contributed by atoms with Crippen LogP contribution in [-0.4, -0.2) is 36.0 Å². The molecule has 1 heterocycles. The van der Waals surface area contributed by atoms with Crippen LogP contribution in [0.15, 0.2) is 24.3 Å². The summed E-state index contributed by atoms with van der Waals surface area (Å²) in [7, 11) is 1.55. The third-order valence-electron chi connectivity index (χ3n) is 3.31. The van der Waals surface area contributed by atoms with Crippen molar-refractivity contribution in [2.24, 2.45) is 0 Å². The van der Waals surface area contributed by atoms with E-state index in [0.717, 1.165) is 10.5 Å². The number of para-hydroxylation sites is 1. The Kier molecular flexibility index (Phi) is 3.61. The average molecular weight is 273 g/mol. The van der Waals surface area contributed by atoms with E-state index < -0.39 is 17.5 Å². The highest BCUT2D eigenvalue weighted by molar-refractivity contribution is 6.07.